The van der Waals surface area contributed by atoms with Crippen molar-refractivity contribution in [2.24, 2.45) is 0 Å². The Bertz CT molecular complexity index is 623. The van der Waals surface area contributed by atoms with Gasteiger partial charge in [-0.05, 0) is 31.9 Å². The van der Waals surface area contributed by atoms with Crippen LogP contribution in [0, 0.1) is 6.92 Å². The van der Waals surface area contributed by atoms with E-state index >= 15 is 0 Å². The third-order valence-corrected chi connectivity index (χ3v) is 4.63. The van der Waals surface area contributed by atoms with Gasteiger partial charge in [0.05, 0.1) is 6.26 Å². The Balaban J connectivity index is 1.61. The molecule has 1 aliphatic carbocycles. The maximum Gasteiger partial charge on any atom is 0.286 e. The Morgan fingerprint density at radius 2 is 2.13 bits per heavy atom. The Morgan fingerprint density at radius 3 is 2.83 bits per heavy atom. The second-order valence-corrected chi connectivity index (χ2v) is 6.31. The number of carbonyl (C=O) groups is 1. The topological polar surface area (TPSA) is 60.1 Å². The van der Waals surface area contributed by atoms with Crippen LogP contribution in [-0.2, 0) is 6.42 Å². The van der Waals surface area contributed by atoms with Crippen LogP contribution in [-0.4, -0.2) is 22.0 Å². The van der Waals surface area contributed by atoms with Gasteiger partial charge < -0.3 is 14.3 Å². The van der Waals surface area contributed by atoms with Gasteiger partial charge in [-0.3, -0.25) is 4.79 Å². The molecule has 2 aromatic heterocycles. The number of carbonyl (C=O) groups excluding carboxylic acids is 1. The quantitative estimate of drug-likeness (QED) is 0.857. The van der Waals surface area contributed by atoms with Crippen molar-refractivity contribution < 1.29 is 9.21 Å². The summed E-state index contributed by atoms with van der Waals surface area (Å²) in [5, 5.41) is 2.90. The smallest absolute Gasteiger partial charge is 0.286 e. The molecule has 0 aliphatic heterocycles. The molecule has 5 heteroatoms. The van der Waals surface area contributed by atoms with Gasteiger partial charge in [0, 0.05) is 30.9 Å². The second kappa shape index (κ2) is 7.49. The number of furan rings is 1. The molecule has 1 amide bonds. The molecule has 2 heterocycles. The molecule has 1 saturated carbocycles. The largest absolute Gasteiger partial charge is 0.459 e. The fourth-order valence-corrected chi connectivity index (χ4v) is 3.48. The zero-order chi connectivity index (χ0) is 16.1. The number of amides is 1. The average Bonchev–Trinajstić information content (AvgIpc) is 3.12. The van der Waals surface area contributed by atoms with Crippen molar-refractivity contribution in [1.82, 2.24) is 14.9 Å². The summed E-state index contributed by atoms with van der Waals surface area (Å²) >= 11 is 0. The van der Waals surface area contributed by atoms with Crippen molar-refractivity contribution in [3.05, 3.63) is 41.9 Å². The Kier molecular flexibility index (Phi) is 5.16. The molecule has 3 rings (SSSR count). The van der Waals surface area contributed by atoms with Gasteiger partial charge in [-0.25, -0.2) is 4.98 Å². The maximum absolute atomic E-state index is 11.9. The first-order chi connectivity index (χ1) is 11.3. The third-order valence-electron chi connectivity index (χ3n) is 4.63. The highest BCUT2D eigenvalue weighted by atomic mass is 16.3. The van der Waals surface area contributed by atoms with Crippen molar-refractivity contribution in [1.29, 1.82) is 0 Å². The monoisotopic (exact) mass is 315 g/mol. The van der Waals surface area contributed by atoms with E-state index in [1.807, 2.05) is 6.20 Å². The molecule has 0 aromatic carbocycles. The molecule has 1 fully saturated rings. The minimum Gasteiger partial charge on any atom is -0.459 e. The number of aryl methyl sites for hydroxylation is 1. The minimum atomic E-state index is -0.167. The van der Waals surface area contributed by atoms with Crippen LogP contribution in [0.2, 0.25) is 0 Å². The lowest BCUT2D eigenvalue weighted by atomic mass is 10.1. The summed E-state index contributed by atoms with van der Waals surface area (Å²) in [4.78, 5) is 16.5. The number of imidazole rings is 1. The molecule has 124 valence electrons. The van der Waals surface area contributed by atoms with Crippen LogP contribution >= 0.6 is 0 Å². The van der Waals surface area contributed by atoms with E-state index in [2.05, 4.69) is 21.8 Å². The first-order valence-electron chi connectivity index (χ1n) is 8.60. The number of nitrogens with zero attached hydrogens (tertiary/aromatic N) is 2. The van der Waals surface area contributed by atoms with Crippen LogP contribution in [0.3, 0.4) is 0 Å². The molecule has 2 aromatic rings. The zero-order valence-electron chi connectivity index (χ0n) is 13.8. The first kappa shape index (κ1) is 15.8. The molecule has 0 spiro atoms. The van der Waals surface area contributed by atoms with E-state index in [0.29, 0.717) is 18.3 Å². The van der Waals surface area contributed by atoms with E-state index in [0.717, 1.165) is 12.2 Å². The maximum atomic E-state index is 11.9. The van der Waals surface area contributed by atoms with Crippen LogP contribution in [0.5, 0.6) is 0 Å². The van der Waals surface area contributed by atoms with Crippen molar-refractivity contribution in [2.45, 2.75) is 57.9 Å². The summed E-state index contributed by atoms with van der Waals surface area (Å²) in [6.45, 7) is 2.70. The molecule has 1 N–H and O–H groups in total. The first-order valence-corrected chi connectivity index (χ1v) is 8.60. The predicted octanol–water partition coefficient (Wildman–Crippen LogP) is 3.65. The average molecular weight is 315 g/mol. The number of aromatic nitrogens is 2. The molecule has 0 saturated heterocycles. The molecule has 5 nitrogen and oxygen atoms in total. The Hall–Kier alpha value is -2.04. The number of nitrogens with one attached hydrogen (secondary N) is 1. The van der Waals surface area contributed by atoms with Crippen molar-refractivity contribution in [3.63, 3.8) is 0 Å². The summed E-state index contributed by atoms with van der Waals surface area (Å²) in [6.07, 6.45) is 12.0. The summed E-state index contributed by atoms with van der Waals surface area (Å²) in [5.41, 5.74) is 1.23. The van der Waals surface area contributed by atoms with Gasteiger partial charge in [0.25, 0.3) is 5.91 Å². The lowest BCUT2D eigenvalue weighted by molar-refractivity contribution is 0.0926. The number of hydrogen-bond acceptors (Lipinski definition) is 3. The van der Waals surface area contributed by atoms with Gasteiger partial charge in [0.2, 0.25) is 0 Å². The van der Waals surface area contributed by atoms with Gasteiger partial charge >= 0.3 is 0 Å². The molecular formula is C18H25N3O2. The van der Waals surface area contributed by atoms with Crippen molar-refractivity contribution in [2.75, 3.05) is 6.54 Å². The lowest BCUT2D eigenvalue weighted by Crippen LogP contribution is -2.26. The van der Waals surface area contributed by atoms with Crippen LogP contribution in [0.25, 0.3) is 0 Å². The summed E-state index contributed by atoms with van der Waals surface area (Å²) in [5.74, 6) is 1.27. The molecule has 1 aliphatic rings. The van der Waals surface area contributed by atoms with Crippen molar-refractivity contribution in [3.8, 4) is 0 Å². The van der Waals surface area contributed by atoms with Crippen LogP contribution in [0.1, 0.15) is 66.6 Å². The summed E-state index contributed by atoms with van der Waals surface area (Å²) < 4.78 is 7.50. The second-order valence-electron chi connectivity index (χ2n) is 6.31. The Morgan fingerprint density at radius 1 is 1.35 bits per heavy atom. The van der Waals surface area contributed by atoms with Gasteiger partial charge in [-0.2, -0.15) is 0 Å². The molecule has 23 heavy (non-hydrogen) atoms. The number of hydrogen-bond donors (Lipinski definition) is 1. The normalized spacial score (nSPS) is 16.2. The minimum absolute atomic E-state index is 0.167. The van der Waals surface area contributed by atoms with Gasteiger partial charge in [0.15, 0.2) is 5.76 Å². The predicted molar refractivity (Wildman–Crippen MR) is 88.4 cm³/mol. The zero-order valence-corrected chi connectivity index (χ0v) is 13.8. The van der Waals surface area contributed by atoms with E-state index in [9.17, 15) is 4.79 Å². The van der Waals surface area contributed by atoms with Gasteiger partial charge in [-0.1, -0.05) is 25.7 Å². The number of rotatable bonds is 5. The third kappa shape index (κ3) is 3.84. The van der Waals surface area contributed by atoms with E-state index < -0.39 is 0 Å². The van der Waals surface area contributed by atoms with E-state index in [1.165, 1.54) is 50.5 Å². The van der Waals surface area contributed by atoms with Crippen LogP contribution < -0.4 is 5.32 Å². The fraction of sp³-hybridized carbons (Fsp3) is 0.556. The molecule has 0 atom stereocenters. The summed E-state index contributed by atoms with van der Waals surface area (Å²) in [6, 6.07) is 3.96. The van der Waals surface area contributed by atoms with Crippen molar-refractivity contribution >= 4 is 5.91 Å². The fourth-order valence-electron chi connectivity index (χ4n) is 3.48. The van der Waals surface area contributed by atoms with E-state index in [1.54, 1.807) is 12.1 Å². The Labute approximate surface area is 137 Å². The van der Waals surface area contributed by atoms with E-state index in [4.69, 9.17) is 4.42 Å². The summed E-state index contributed by atoms with van der Waals surface area (Å²) in [7, 11) is 0. The van der Waals surface area contributed by atoms with Crippen LogP contribution in [0.4, 0.5) is 0 Å². The SMILES string of the molecule is Cc1cnc(CCNC(=O)c2ccco2)n1C1CCCCCC1. The molecule has 0 unspecified atom stereocenters. The molecular weight excluding hydrogens is 290 g/mol. The molecule has 0 bridgehead atoms. The van der Waals surface area contributed by atoms with E-state index in [-0.39, 0.29) is 5.91 Å². The lowest BCUT2D eigenvalue weighted by Gasteiger charge is -2.21. The highest BCUT2D eigenvalue weighted by Gasteiger charge is 2.19. The standard InChI is InChI=1S/C18H25N3O2/c1-14-13-20-17(21(14)15-7-4-2-3-5-8-15)10-11-19-18(22)16-9-6-12-23-16/h6,9,12-13,15H,2-5,7-8,10-11H2,1H3,(H,19,22). The van der Waals surface area contributed by atoms with Gasteiger partial charge in [-0.15, -0.1) is 0 Å². The highest BCUT2D eigenvalue weighted by molar-refractivity contribution is 5.91. The highest BCUT2D eigenvalue weighted by Crippen LogP contribution is 2.29. The molecule has 0 radical (unpaired) electrons. The van der Waals surface area contributed by atoms with Crippen LogP contribution in [0.15, 0.2) is 29.0 Å². The van der Waals surface area contributed by atoms with Gasteiger partial charge in [0.1, 0.15) is 5.82 Å².